The third-order valence-corrected chi connectivity index (χ3v) is 5.69. The minimum absolute atomic E-state index is 0.0353. The number of hydrogen-bond donors (Lipinski definition) is 1. The molecule has 192 valence electrons. The number of nitrogens with zero attached hydrogens (tertiary/aromatic N) is 4. The zero-order chi connectivity index (χ0) is 26.6. The molecular weight excluding hydrogens is 493 g/mol. The van der Waals surface area contributed by atoms with Crippen LogP contribution in [-0.2, 0) is 21.0 Å². The van der Waals surface area contributed by atoms with Crippen molar-refractivity contribution >= 4 is 29.6 Å². The van der Waals surface area contributed by atoms with E-state index in [2.05, 4.69) is 10.3 Å². The van der Waals surface area contributed by atoms with Crippen LogP contribution in [0.1, 0.15) is 46.1 Å². The van der Waals surface area contributed by atoms with Crippen molar-refractivity contribution in [3.05, 3.63) is 45.0 Å². The second-order valence-corrected chi connectivity index (χ2v) is 9.66. The van der Waals surface area contributed by atoms with Crippen LogP contribution in [0.25, 0.3) is 11.3 Å². The van der Waals surface area contributed by atoms with Crippen LogP contribution in [0.2, 0.25) is 5.02 Å². The predicted octanol–water partition coefficient (Wildman–Crippen LogP) is 3.59. The van der Waals surface area contributed by atoms with E-state index in [1.165, 1.54) is 19.1 Å². The number of nitriles is 1. The fourth-order valence-corrected chi connectivity index (χ4v) is 3.93. The molecular formula is C24H27ClFN5O5. The zero-order valence-corrected chi connectivity index (χ0v) is 21.2. The highest BCUT2D eigenvalue weighted by atomic mass is 35.5. The minimum atomic E-state index is -0.771. The number of piperidine rings is 1. The summed E-state index contributed by atoms with van der Waals surface area (Å²) < 4.78 is 25.8. The van der Waals surface area contributed by atoms with Crippen molar-refractivity contribution in [2.45, 2.75) is 58.9 Å². The highest BCUT2D eigenvalue weighted by Crippen LogP contribution is 2.28. The molecule has 0 radical (unpaired) electrons. The molecule has 1 N–H and O–H groups in total. The summed E-state index contributed by atoms with van der Waals surface area (Å²) in [5.74, 6) is -1.18. The maximum Gasteiger partial charge on any atom is 0.407 e. The molecule has 1 aromatic carbocycles. The lowest BCUT2D eigenvalue weighted by molar-refractivity contribution is -0.144. The fraction of sp³-hybridized carbons (Fsp3) is 0.458. The summed E-state index contributed by atoms with van der Waals surface area (Å²) in [5, 5.41) is 11.6. The third-order valence-electron chi connectivity index (χ3n) is 5.35. The molecule has 1 aliphatic rings. The Morgan fingerprint density at radius 2 is 1.97 bits per heavy atom. The summed E-state index contributed by atoms with van der Waals surface area (Å²) in [5.41, 5.74) is -1.19. The van der Waals surface area contributed by atoms with Gasteiger partial charge in [0.2, 0.25) is 5.95 Å². The van der Waals surface area contributed by atoms with Crippen molar-refractivity contribution < 1.29 is 23.5 Å². The molecule has 0 saturated carbocycles. The molecule has 0 spiro atoms. The Morgan fingerprint density at radius 1 is 1.31 bits per heavy atom. The smallest absolute Gasteiger partial charge is 0.407 e. The summed E-state index contributed by atoms with van der Waals surface area (Å²) in [4.78, 5) is 43.0. The molecule has 1 fully saturated rings. The van der Waals surface area contributed by atoms with Crippen LogP contribution in [0.3, 0.4) is 0 Å². The van der Waals surface area contributed by atoms with E-state index in [1.807, 2.05) is 0 Å². The first-order valence-corrected chi connectivity index (χ1v) is 11.7. The number of nitrogens with one attached hydrogen (secondary N) is 1. The van der Waals surface area contributed by atoms with Crippen LogP contribution in [0, 0.1) is 17.1 Å². The van der Waals surface area contributed by atoms with Crippen LogP contribution in [0.4, 0.5) is 15.1 Å². The summed E-state index contributed by atoms with van der Waals surface area (Å²) in [6, 6.07) is 5.41. The number of carbonyl (C=O) groups is 2. The Bertz CT molecular complexity index is 1260. The summed E-state index contributed by atoms with van der Waals surface area (Å²) in [6.07, 6.45) is 0.556. The second kappa shape index (κ2) is 11.0. The van der Waals surface area contributed by atoms with Gasteiger partial charge < -0.3 is 19.7 Å². The van der Waals surface area contributed by atoms with Gasteiger partial charge in [-0.05, 0) is 45.7 Å². The average Bonchev–Trinajstić information content (AvgIpc) is 2.79. The van der Waals surface area contributed by atoms with E-state index in [9.17, 15) is 18.8 Å². The predicted molar refractivity (Wildman–Crippen MR) is 130 cm³/mol. The van der Waals surface area contributed by atoms with Crippen LogP contribution in [0.15, 0.2) is 23.0 Å². The monoisotopic (exact) mass is 519 g/mol. The fourth-order valence-electron chi connectivity index (χ4n) is 3.68. The van der Waals surface area contributed by atoms with Gasteiger partial charge in [-0.25, -0.2) is 18.7 Å². The lowest BCUT2D eigenvalue weighted by atomic mass is 10.1. The standard InChI is InChI=1S/C24H27ClFN5O5/c1-14(32)35-13-31-21(33)19(25)20(15-5-6-16(12-27)18(26)11-15)29-22(31)30-9-7-17(8-10-30)28-23(34)36-24(2,3)4/h5-6,11,17H,7-10,13H2,1-4H3,(H,28,34). The van der Waals surface area contributed by atoms with Crippen LogP contribution in [-0.4, -0.2) is 46.3 Å². The number of rotatable bonds is 5. The highest BCUT2D eigenvalue weighted by Gasteiger charge is 2.28. The Labute approximate surface area is 212 Å². The summed E-state index contributed by atoms with van der Waals surface area (Å²) in [6.45, 7) is 6.96. The number of halogens is 2. The van der Waals surface area contributed by atoms with Crippen molar-refractivity contribution in [1.29, 1.82) is 5.26 Å². The van der Waals surface area contributed by atoms with E-state index < -0.39 is 35.8 Å². The number of carbonyl (C=O) groups excluding carboxylic acids is 2. The van der Waals surface area contributed by atoms with E-state index in [1.54, 1.807) is 31.7 Å². The van der Waals surface area contributed by atoms with Crippen molar-refractivity contribution in [2.75, 3.05) is 18.0 Å². The van der Waals surface area contributed by atoms with Crippen LogP contribution in [0.5, 0.6) is 0 Å². The third kappa shape index (κ3) is 6.51. The molecule has 1 aromatic heterocycles. The molecule has 0 aliphatic carbocycles. The lowest BCUT2D eigenvalue weighted by Gasteiger charge is -2.34. The first-order valence-electron chi connectivity index (χ1n) is 11.3. The topological polar surface area (TPSA) is 127 Å². The first kappa shape index (κ1) is 26.9. The average molecular weight is 520 g/mol. The Balaban J connectivity index is 1.92. The zero-order valence-electron chi connectivity index (χ0n) is 20.4. The van der Waals surface area contributed by atoms with Gasteiger partial charge in [-0.1, -0.05) is 17.7 Å². The molecule has 2 aromatic rings. The number of ether oxygens (including phenoxy) is 2. The van der Waals surface area contributed by atoms with Gasteiger partial charge in [0.05, 0.1) is 11.3 Å². The van der Waals surface area contributed by atoms with E-state index in [-0.39, 0.29) is 33.8 Å². The number of amides is 1. The second-order valence-electron chi connectivity index (χ2n) is 9.29. The number of esters is 1. The number of aromatic nitrogens is 2. The molecule has 0 bridgehead atoms. The first-order chi connectivity index (χ1) is 16.9. The molecule has 36 heavy (non-hydrogen) atoms. The van der Waals surface area contributed by atoms with Crippen LogP contribution < -0.4 is 15.8 Å². The molecule has 1 saturated heterocycles. The number of alkyl carbamates (subject to hydrolysis) is 1. The summed E-state index contributed by atoms with van der Waals surface area (Å²) >= 11 is 6.31. The Hall–Kier alpha value is -3.65. The van der Waals surface area contributed by atoms with E-state index in [0.29, 0.717) is 25.9 Å². The maximum atomic E-state index is 14.3. The van der Waals surface area contributed by atoms with Crippen molar-refractivity contribution in [3.63, 3.8) is 0 Å². The van der Waals surface area contributed by atoms with Gasteiger partial charge in [-0.15, -0.1) is 0 Å². The molecule has 0 atom stereocenters. The van der Waals surface area contributed by atoms with Crippen molar-refractivity contribution in [2.24, 2.45) is 0 Å². The van der Waals surface area contributed by atoms with Crippen LogP contribution >= 0.6 is 11.6 Å². The van der Waals surface area contributed by atoms with Crippen molar-refractivity contribution in [1.82, 2.24) is 14.9 Å². The molecule has 12 heteroatoms. The Morgan fingerprint density at radius 3 is 2.53 bits per heavy atom. The number of anilines is 1. The molecule has 3 rings (SSSR count). The Kier molecular flexibility index (Phi) is 8.20. The van der Waals surface area contributed by atoms with E-state index in [4.69, 9.17) is 26.3 Å². The number of hydrogen-bond acceptors (Lipinski definition) is 8. The van der Waals surface area contributed by atoms with Gasteiger partial charge in [0.1, 0.15) is 22.5 Å². The quantitative estimate of drug-likeness (QED) is 0.594. The van der Waals surface area contributed by atoms with Gasteiger partial charge in [0, 0.05) is 31.6 Å². The van der Waals surface area contributed by atoms with Gasteiger partial charge in [-0.3, -0.25) is 9.59 Å². The summed E-state index contributed by atoms with van der Waals surface area (Å²) in [7, 11) is 0. The minimum Gasteiger partial charge on any atom is -0.444 e. The number of benzene rings is 1. The normalized spacial score (nSPS) is 14.2. The molecule has 0 unspecified atom stereocenters. The molecule has 1 aliphatic heterocycles. The van der Waals surface area contributed by atoms with Gasteiger partial charge in [-0.2, -0.15) is 5.26 Å². The molecule has 1 amide bonds. The SMILES string of the molecule is CC(=O)OCn1c(N2CCC(NC(=O)OC(C)(C)C)CC2)nc(-c2ccc(C#N)c(F)c2)c(Cl)c1=O. The van der Waals surface area contributed by atoms with Crippen molar-refractivity contribution in [3.8, 4) is 17.3 Å². The van der Waals surface area contributed by atoms with Gasteiger partial charge >= 0.3 is 12.1 Å². The van der Waals surface area contributed by atoms with Gasteiger partial charge in [0.15, 0.2) is 6.73 Å². The largest absolute Gasteiger partial charge is 0.444 e. The molecule has 2 heterocycles. The van der Waals surface area contributed by atoms with E-state index in [0.717, 1.165) is 10.6 Å². The lowest BCUT2D eigenvalue weighted by Crippen LogP contribution is -2.47. The van der Waals surface area contributed by atoms with E-state index >= 15 is 0 Å². The van der Waals surface area contributed by atoms with Gasteiger partial charge in [0.25, 0.3) is 5.56 Å². The highest BCUT2D eigenvalue weighted by molar-refractivity contribution is 6.32. The maximum absolute atomic E-state index is 14.3. The molecule has 10 nitrogen and oxygen atoms in total.